The van der Waals surface area contributed by atoms with Crippen molar-refractivity contribution in [3.8, 4) is 5.75 Å². The summed E-state index contributed by atoms with van der Waals surface area (Å²) in [5.74, 6) is 1.80. The van der Waals surface area contributed by atoms with Crippen LogP contribution in [0.2, 0.25) is 5.02 Å². The van der Waals surface area contributed by atoms with E-state index in [0.717, 1.165) is 48.3 Å². The van der Waals surface area contributed by atoms with Gasteiger partial charge < -0.3 is 9.64 Å². The number of piperidine rings is 1. The van der Waals surface area contributed by atoms with Crippen molar-refractivity contribution in [3.05, 3.63) is 93.5 Å². The van der Waals surface area contributed by atoms with E-state index >= 15 is 0 Å². The van der Waals surface area contributed by atoms with Gasteiger partial charge in [-0.2, -0.15) is 0 Å². The molecule has 182 valence electrons. The predicted octanol–water partition coefficient (Wildman–Crippen LogP) is 7.77. The Balaban J connectivity index is 1.22. The van der Waals surface area contributed by atoms with Gasteiger partial charge in [0.2, 0.25) is 0 Å². The molecule has 0 N–H and O–H groups in total. The smallest absolute Gasteiger partial charge is 0.254 e. The Morgan fingerprint density at radius 2 is 1.63 bits per heavy atom. The number of fused-ring (bicyclic) bond motifs is 2. The van der Waals surface area contributed by atoms with E-state index in [0.29, 0.717) is 5.02 Å². The molecule has 2 bridgehead atoms. The average molecular weight is 506 g/mol. The summed E-state index contributed by atoms with van der Waals surface area (Å²) >= 11 is 8.22. The molecule has 35 heavy (non-hydrogen) atoms. The Morgan fingerprint density at radius 3 is 2.29 bits per heavy atom. The van der Waals surface area contributed by atoms with Gasteiger partial charge in [0.15, 0.2) is 0 Å². The Bertz CT molecular complexity index is 1190. The van der Waals surface area contributed by atoms with Crippen LogP contribution >= 0.6 is 23.4 Å². The molecular weight excluding hydrogens is 474 g/mol. The summed E-state index contributed by atoms with van der Waals surface area (Å²) in [6.07, 6.45) is 3.90. The lowest BCUT2D eigenvalue weighted by Crippen LogP contribution is -2.49. The van der Waals surface area contributed by atoms with Crippen molar-refractivity contribution in [1.82, 2.24) is 4.90 Å². The van der Waals surface area contributed by atoms with E-state index in [9.17, 15) is 4.79 Å². The molecule has 0 aliphatic carbocycles. The quantitative estimate of drug-likeness (QED) is 0.320. The van der Waals surface area contributed by atoms with Crippen LogP contribution in [-0.2, 0) is 5.75 Å². The lowest BCUT2D eigenvalue weighted by molar-refractivity contribution is 0.0359. The third kappa shape index (κ3) is 5.24. The van der Waals surface area contributed by atoms with E-state index in [1.165, 1.54) is 21.6 Å². The summed E-state index contributed by atoms with van der Waals surface area (Å²) in [5.41, 5.74) is 5.78. The first-order valence-corrected chi connectivity index (χ1v) is 13.8. The molecule has 2 atom stereocenters. The summed E-state index contributed by atoms with van der Waals surface area (Å²) in [4.78, 5) is 16.9. The first-order chi connectivity index (χ1) is 16.9. The Hall–Kier alpha value is -2.43. The Morgan fingerprint density at radius 1 is 0.971 bits per heavy atom. The maximum absolute atomic E-state index is 13.5. The van der Waals surface area contributed by atoms with Gasteiger partial charge >= 0.3 is 0 Å². The molecule has 2 aliphatic heterocycles. The van der Waals surface area contributed by atoms with E-state index in [2.05, 4.69) is 49.1 Å². The van der Waals surface area contributed by atoms with Crippen LogP contribution < -0.4 is 4.74 Å². The van der Waals surface area contributed by atoms with Gasteiger partial charge in [-0.1, -0.05) is 48.0 Å². The number of ether oxygens (including phenoxy) is 1. The summed E-state index contributed by atoms with van der Waals surface area (Å²) < 4.78 is 6.31. The van der Waals surface area contributed by atoms with E-state index in [-0.39, 0.29) is 24.1 Å². The van der Waals surface area contributed by atoms with E-state index < -0.39 is 0 Å². The zero-order valence-corrected chi connectivity index (χ0v) is 22.2. The number of aryl methyl sites for hydroxylation is 3. The highest BCUT2D eigenvalue weighted by atomic mass is 35.5. The number of benzene rings is 3. The van der Waals surface area contributed by atoms with Gasteiger partial charge in [0.05, 0.1) is 5.02 Å². The molecule has 2 saturated heterocycles. The minimum absolute atomic E-state index is 0.0974. The Kier molecular flexibility index (Phi) is 7.13. The molecule has 2 fully saturated rings. The third-order valence-electron chi connectivity index (χ3n) is 7.30. The molecule has 0 aromatic heterocycles. The number of thioether (sulfide) groups is 1. The lowest BCUT2D eigenvalue weighted by atomic mass is 9.98. The number of hydrogen-bond donors (Lipinski definition) is 0. The zero-order chi connectivity index (χ0) is 24.5. The average Bonchev–Trinajstić information content (AvgIpc) is 3.11. The second-order valence-electron chi connectivity index (χ2n) is 9.95. The van der Waals surface area contributed by atoms with Crippen molar-refractivity contribution >= 4 is 29.3 Å². The SMILES string of the molecule is Cc1ccc(Cl)c(OC2CC3CCC(C2)N3C(=O)c2ccc(CSc3c(C)cccc3C)cc2)c1. The predicted molar refractivity (Wildman–Crippen MR) is 145 cm³/mol. The summed E-state index contributed by atoms with van der Waals surface area (Å²) in [6, 6.07) is 21.0. The number of carbonyl (C=O) groups excluding carboxylic acids is 1. The lowest BCUT2D eigenvalue weighted by Gasteiger charge is -2.39. The van der Waals surface area contributed by atoms with Crippen LogP contribution in [0.25, 0.3) is 0 Å². The number of carbonyl (C=O) groups is 1. The normalized spacial score (nSPS) is 21.3. The van der Waals surface area contributed by atoms with E-state index in [4.69, 9.17) is 16.3 Å². The van der Waals surface area contributed by atoms with Crippen LogP contribution in [0.5, 0.6) is 5.75 Å². The van der Waals surface area contributed by atoms with Gasteiger partial charge in [-0.05, 0) is 80.1 Å². The van der Waals surface area contributed by atoms with Crippen molar-refractivity contribution < 1.29 is 9.53 Å². The van der Waals surface area contributed by atoms with Crippen LogP contribution in [0.3, 0.4) is 0 Å². The molecule has 0 saturated carbocycles. The molecule has 2 aliphatic rings. The molecule has 3 nitrogen and oxygen atoms in total. The first-order valence-electron chi connectivity index (χ1n) is 12.4. The highest BCUT2D eigenvalue weighted by molar-refractivity contribution is 7.98. The van der Waals surface area contributed by atoms with Crippen LogP contribution in [0.4, 0.5) is 0 Å². The molecule has 5 rings (SSSR count). The molecule has 1 amide bonds. The molecule has 2 heterocycles. The fraction of sp³-hybridized carbons (Fsp3) is 0.367. The van der Waals surface area contributed by atoms with Gasteiger partial charge in [0.25, 0.3) is 5.91 Å². The van der Waals surface area contributed by atoms with Crippen molar-refractivity contribution in [2.45, 2.75) is 75.3 Å². The summed E-state index contributed by atoms with van der Waals surface area (Å²) in [5, 5.41) is 0.650. The van der Waals surface area contributed by atoms with Crippen LogP contribution in [0, 0.1) is 20.8 Å². The second kappa shape index (κ2) is 10.3. The number of halogens is 1. The maximum Gasteiger partial charge on any atom is 0.254 e. The van der Waals surface area contributed by atoms with E-state index in [1.807, 2.05) is 49.0 Å². The van der Waals surface area contributed by atoms with Gasteiger partial charge in [-0.15, -0.1) is 11.8 Å². The van der Waals surface area contributed by atoms with Crippen LogP contribution in [-0.4, -0.2) is 29.0 Å². The van der Waals surface area contributed by atoms with Gasteiger partial charge in [-0.3, -0.25) is 4.79 Å². The molecule has 0 spiro atoms. The zero-order valence-electron chi connectivity index (χ0n) is 20.6. The minimum atomic E-state index is 0.0974. The topological polar surface area (TPSA) is 29.5 Å². The van der Waals surface area contributed by atoms with Crippen molar-refractivity contribution in [1.29, 1.82) is 0 Å². The van der Waals surface area contributed by atoms with Crippen molar-refractivity contribution in [2.24, 2.45) is 0 Å². The fourth-order valence-electron chi connectivity index (χ4n) is 5.51. The minimum Gasteiger partial charge on any atom is -0.489 e. The van der Waals surface area contributed by atoms with Crippen molar-refractivity contribution in [2.75, 3.05) is 0 Å². The fourth-order valence-corrected chi connectivity index (χ4v) is 6.77. The summed E-state index contributed by atoms with van der Waals surface area (Å²) in [6.45, 7) is 6.37. The molecular formula is C30H32ClNO2S. The maximum atomic E-state index is 13.5. The van der Waals surface area contributed by atoms with Gasteiger partial charge in [0.1, 0.15) is 11.9 Å². The molecule has 5 heteroatoms. The van der Waals surface area contributed by atoms with E-state index in [1.54, 1.807) is 0 Å². The largest absolute Gasteiger partial charge is 0.489 e. The highest BCUT2D eigenvalue weighted by Crippen LogP contribution is 2.39. The molecule has 2 unspecified atom stereocenters. The molecule has 0 radical (unpaired) electrons. The van der Waals surface area contributed by atoms with Crippen molar-refractivity contribution in [3.63, 3.8) is 0 Å². The molecule has 3 aromatic rings. The Labute approximate surface area is 217 Å². The van der Waals surface area contributed by atoms with Gasteiger partial charge in [0, 0.05) is 41.1 Å². The van der Waals surface area contributed by atoms with Gasteiger partial charge in [-0.25, -0.2) is 0 Å². The van der Waals surface area contributed by atoms with Crippen LogP contribution in [0.15, 0.2) is 65.6 Å². The second-order valence-corrected chi connectivity index (χ2v) is 11.3. The number of rotatable bonds is 6. The van der Waals surface area contributed by atoms with Crippen LogP contribution in [0.1, 0.15) is 58.3 Å². The monoisotopic (exact) mass is 505 g/mol. The third-order valence-corrected chi connectivity index (χ3v) is 9.02. The first kappa shape index (κ1) is 24.3. The summed E-state index contributed by atoms with van der Waals surface area (Å²) in [7, 11) is 0. The standard InChI is InChI=1S/C30H32ClNO2S/c1-19-7-14-27(31)28(15-19)34-26-16-24-12-13-25(17-26)32(24)30(33)23-10-8-22(9-11-23)18-35-29-20(2)5-4-6-21(29)3/h4-11,14-15,24-26H,12-13,16-18H2,1-3H3. The highest BCUT2D eigenvalue weighted by Gasteiger charge is 2.44. The molecule has 3 aromatic carbocycles. The number of amides is 1. The number of hydrogen-bond acceptors (Lipinski definition) is 3. The number of nitrogens with zero attached hydrogens (tertiary/aromatic N) is 1.